The molecule has 2 fully saturated rings. The van der Waals surface area contributed by atoms with Crippen molar-refractivity contribution in [1.29, 1.82) is 0 Å². The highest BCUT2D eigenvalue weighted by Crippen LogP contribution is 2.32. The molecule has 2 aliphatic carbocycles. The Morgan fingerprint density at radius 2 is 1.85 bits per heavy atom. The summed E-state index contributed by atoms with van der Waals surface area (Å²) in [7, 11) is 0. The number of rotatable bonds is 10. The van der Waals surface area contributed by atoms with Crippen LogP contribution in [0.4, 0.5) is 8.78 Å². The summed E-state index contributed by atoms with van der Waals surface area (Å²) in [5.74, 6) is -1.09. The second-order valence-electron chi connectivity index (χ2n) is 10.9. The van der Waals surface area contributed by atoms with Crippen LogP contribution in [0, 0.1) is 11.8 Å². The lowest BCUT2D eigenvalue weighted by Crippen LogP contribution is -2.38. The molecule has 4 rings (SSSR count). The highest BCUT2D eigenvalue weighted by Gasteiger charge is 2.27. The van der Waals surface area contributed by atoms with Gasteiger partial charge in [-0.25, -0.2) is 13.8 Å². The molecule has 2 heterocycles. The zero-order valence-corrected chi connectivity index (χ0v) is 21.4. The van der Waals surface area contributed by atoms with Gasteiger partial charge in [0.25, 0.3) is 11.1 Å². The summed E-state index contributed by atoms with van der Waals surface area (Å²) >= 11 is 1.41. The van der Waals surface area contributed by atoms with E-state index in [0.29, 0.717) is 17.7 Å². The van der Waals surface area contributed by atoms with Gasteiger partial charge in [-0.05, 0) is 63.3 Å². The first-order chi connectivity index (χ1) is 16.3. The van der Waals surface area contributed by atoms with Crippen LogP contribution in [0.5, 0.6) is 5.19 Å². The van der Waals surface area contributed by atoms with E-state index >= 15 is 0 Å². The number of hydrogen-bond acceptors (Lipinski definition) is 5. The average Bonchev–Trinajstić information content (AvgIpc) is 3.24. The fraction of sp³-hybridized carbons (Fsp3) is 0.846. The molecule has 0 bridgehead atoms. The van der Waals surface area contributed by atoms with Gasteiger partial charge in [0.15, 0.2) is 6.61 Å². The van der Waals surface area contributed by atoms with Crippen LogP contribution in [0.25, 0.3) is 0 Å². The standard InChI is InChI=1S/C26H41F2N3O2S/c1-26(27,28)18-33-25-30-22-17-31(16-14-23(22)34-25)15-13-20-7-10-21(11-8-20)29-24(32)12-9-19-5-3-2-4-6-19/h19-21H,2-18H2,1H3,(H,29,32). The van der Waals surface area contributed by atoms with Crippen molar-refractivity contribution in [3.63, 3.8) is 0 Å². The van der Waals surface area contributed by atoms with Crippen LogP contribution in [0.3, 0.4) is 0 Å². The van der Waals surface area contributed by atoms with Crippen LogP contribution >= 0.6 is 11.3 Å². The molecule has 5 nitrogen and oxygen atoms in total. The maximum absolute atomic E-state index is 13.0. The minimum Gasteiger partial charge on any atom is -0.464 e. The van der Waals surface area contributed by atoms with Crippen molar-refractivity contribution in [3.8, 4) is 5.19 Å². The Morgan fingerprint density at radius 1 is 1.12 bits per heavy atom. The number of thiazole rings is 1. The van der Waals surface area contributed by atoms with Gasteiger partial charge < -0.3 is 10.1 Å². The van der Waals surface area contributed by atoms with Gasteiger partial charge >= 0.3 is 0 Å². The zero-order valence-electron chi connectivity index (χ0n) is 20.6. The number of carbonyl (C=O) groups is 1. The first-order valence-electron chi connectivity index (χ1n) is 13.3. The summed E-state index contributed by atoms with van der Waals surface area (Å²) in [4.78, 5) is 20.5. The van der Waals surface area contributed by atoms with E-state index in [1.807, 2.05) is 0 Å². The maximum atomic E-state index is 13.0. The molecule has 8 heteroatoms. The van der Waals surface area contributed by atoms with E-state index < -0.39 is 12.5 Å². The molecule has 0 atom stereocenters. The summed E-state index contributed by atoms with van der Waals surface area (Å²) in [6, 6.07) is 0.358. The highest BCUT2D eigenvalue weighted by atomic mass is 32.1. The fourth-order valence-corrected chi connectivity index (χ4v) is 6.65. The molecule has 1 aliphatic heterocycles. The Kier molecular flexibility index (Phi) is 9.19. The minimum absolute atomic E-state index is 0.257. The summed E-state index contributed by atoms with van der Waals surface area (Å²) in [5, 5.41) is 3.67. The zero-order chi connectivity index (χ0) is 24.0. The van der Waals surface area contributed by atoms with Crippen molar-refractivity contribution in [2.45, 2.75) is 109 Å². The highest BCUT2D eigenvalue weighted by molar-refractivity contribution is 7.13. The first kappa shape index (κ1) is 25.8. The number of halogens is 2. The van der Waals surface area contributed by atoms with E-state index in [1.54, 1.807) is 0 Å². The van der Waals surface area contributed by atoms with Gasteiger partial charge in [0.2, 0.25) is 5.91 Å². The first-order valence-corrected chi connectivity index (χ1v) is 14.2. The third kappa shape index (κ3) is 8.14. The van der Waals surface area contributed by atoms with Gasteiger partial charge in [-0.2, -0.15) is 0 Å². The molecule has 0 radical (unpaired) electrons. The fourth-order valence-electron chi connectivity index (χ4n) is 5.74. The van der Waals surface area contributed by atoms with Crippen molar-refractivity contribution < 1.29 is 18.3 Å². The smallest absolute Gasteiger partial charge is 0.278 e. The average molecular weight is 498 g/mol. The Hall–Kier alpha value is -1.28. The van der Waals surface area contributed by atoms with E-state index in [2.05, 4.69) is 15.2 Å². The van der Waals surface area contributed by atoms with E-state index in [1.165, 1.54) is 67.6 Å². The molecule has 2 saturated carbocycles. The number of hydrogen-bond donors (Lipinski definition) is 1. The molecule has 0 saturated heterocycles. The number of alkyl halides is 2. The van der Waals surface area contributed by atoms with Crippen LogP contribution < -0.4 is 10.1 Å². The Bertz CT molecular complexity index is 783. The number of carbonyl (C=O) groups excluding carboxylic acids is 1. The second-order valence-corrected chi connectivity index (χ2v) is 11.9. The van der Waals surface area contributed by atoms with E-state index in [-0.39, 0.29) is 5.91 Å². The number of aromatic nitrogens is 1. The third-order valence-electron chi connectivity index (χ3n) is 7.81. The van der Waals surface area contributed by atoms with Gasteiger partial charge in [-0.1, -0.05) is 43.4 Å². The molecular weight excluding hydrogens is 456 g/mol. The molecule has 0 aromatic carbocycles. The van der Waals surface area contributed by atoms with Crippen molar-refractivity contribution in [2.24, 2.45) is 11.8 Å². The molecule has 34 heavy (non-hydrogen) atoms. The summed E-state index contributed by atoms with van der Waals surface area (Å²) in [6.07, 6.45) is 15.1. The van der Waals surface area contributed by atoms with E-state index in [0.717, 1.165) is 69.8 Å². The second kappa shape index (κ2) is 12.1. The number of fused-ring (bicyclic) bond motifs is 1. The van der Waals surface area contributed by atoms with Gasteiger partial charge in [0, 0.05) is 37.4 Å². The molecule has 192 valence electrons. The SMILES string of the molecule is CC(F)(F)COc1nc2c(s1)CCN(CCC1CCC(NC(=O)CCC3CCCCC3)CC1)C2. The van der Waals surface area contributed by atoms with Crippen LogP contribution in [-0.4, -0.2) is 47.5 Å². The Morgan fingerprint density at radius 3 is 2.59 bits per heavy atom. The van der Waals surface area contributed by atoms with Crippen molar-refractivity contribution in [2.75, 3.05) is 19.7 Å². The van der Waals surface area contributed by atoms with Crippen LogP contribution in [0.1, 0.15) is 94.5 Å². The number of nitrogens with zero attached hydrogens (tertiary/aromatic N) is 2. The number of amides is 1. The van der Waals surface area contributed by atoms with Crippen molar-refractivity contribution in [1.82, 2.24) is 15.2 Å². The Balaban J connectivity index is 1.11. The van der Waals surface area contributed by atoms with Gasteiger partial charge in [0.1, 0.15) is 0 Å². The molecule has 3 aliphatic rings. The number of nitrogens with one attached hydrogen (secondary N) is 1. The third-order valence-corrected chi connectivity index (χ3v) is 8.88. The van der Waals surface area contributed by atoms with E-state index in [9.17, 15) is 13.6 Å². The molecule has 0 unspecified atom stereocenters. The lowest BCUT2D eigenvalue weighted by Gasteiger charge is -2.32. The molecule has 1 N–H and O–H groups in total. The lowest BCUT2D eigenvalue weighted by atomic mass is 9.83. The van der Waals surface area contributed by atoms with Crippen molar-refractivity contribution in [3.05, 3.63) is 10.6 Å². The Labute approximate surface area is 207 Å². The quantitative estimate of drug-likeness (QED) is 0.433. The molecule has 1 aromatic rings. The normalized spacial score (nSPS) is 24.6. The van der Waals surface area contributed by atoms with Crippen LogP contribution in [0.15, 0.2) is 0 Å². The molecule has 1 aromatic heterocycles. The van der Waals surface area contributed by atoms with Gasteiger partial charge in [-0.15, -0.1) is 0 Å². The summed E-state index contributed by atoms with van der Waals surface area (Å²) < 4.78 is 31.3. The molecule has 1 amide bonds. The van der Waals surface area contributed by atoms with E-state index in [4.69, 9.17) is 4.74 Å². The predicted octanol–water partition coefficient (Wildman–Crippen LogP) is 5.96. The molecule has 0 spiro atoms. The van der Waals surface area contributed by atoms with Crippen molar-refractivity contribution >= 4 is 17.2 Å². The van der Waals surface area contributed by atoms with Gasteiger partial charge in [-0.3, -0.25) is 9.69 Å². The largest absolute Gasteiger partial charge is 0.464 e. The monoisotopic (exact) mass is 497 g/mol. The van der Waals surface area contributed by atoms with Crippen LogP contribution in [0.2, 0.25) is 0 Å². The van der Waals surface area contributed by atoms with Crippen LogP contribution in [-0.2, 0) is 17.8 Å². The maximum Gasteiger partial charge on any atom is 0.278 e. The summed E-state index contributed by atoms with van der Waals surface area (Å²) in [5.41, 5.74) is 0.991. The minimum atomic E-state index is -2.84. The lowest BCUT2D eigenvalue weighted by molar-refractivity contribution is -0.122. The predicted molar refractivity (Wildman–Crippen MR) is 132 cm³/mol. The molecular formula is C26H41F2N3O2S. The van der Waals surface area contributed by atoms with Gasteiger partial charge in [0.05, 0.1) is 5.69 Å². The summed E-state index contributed by atoms with van der Waals surface area (Å²) in [6.45, 7) is 3.06. The topological polar surface area (TPSA) is 54.5 Å². The number of ether oxygens (including phenoxy) is 1.